The molecule has 2 heterocycles. The van der Waals surface area contributed by atoms with Crippen LogP contribution in [0.5, 0.6) is 11.5 Å². The maximum atomic E-state index is 11.5. The molecule has 0 spiro atoms. The SMILES string of the molecule is C/C(=C1/c2ccc(COc3cccc(Cl)c3)cc2COc2ccccc21)c1noc(=O)[nH]1. The van der Waals surface area contributed by atoms with Gasteiger partial charge in [-0.3, -0.25) is 9.51 Å². The Morgan fingerprint density at radius 3 is 2.78 bits per heavy atom. The molecule has 1 aromatic heterocycles. The topological polar surface area (TPSA) is 77.3 Å². The van der Waals surface area contributed by atoms with Crippen LogP contribution in [0.1, 0.15) is 35.0 Å². The molecule has 0 saturated carbocycles. The van der Waals surface area contributed by atoms with Crippen molar-refractivity contribution >= 4 is 22.7 Å². The van der Waals surface area contributed by atoms with Crippen LogP contribution in [0.15, 0.2) is 76.0 Å². The number of aromatic nitrogens is 2. The minimum atomic E-state index is -0.591. The molecule has 0 aliphatic carbocycles. The third-order valence-electron chi connectivity index (χ3n) is 5.35. The van der Waals surface area contributed by atoms with E-state index in [-0.39, 0.29) is 0 Å². The van der Waals surface area contributed by atoms with E-state index in [4.69, 9.17) is 25.6 Å². The molecule has 1 aliphatic heterocycles. The van der Waals surface area contributed by atoms with E-state index in [0.29, 0.717) is 29.8 Å². The van der Waals surface area contributed by atoms with Gasteiger partial charge in [0.2, 0.25) is 0 Å². The minimum absolute atomic E-state index is 0.390. The van der Waals surface area contributed by atoms with E-state index >= 15 is 0 Å². The molecule has 32 heavy (non-hydrogen) atoms. The molecular formula is C25H19ClN2O4. The molecule has 7 heteroatoms. The second kappa shape index (κ2) is 8.40. The highest BCUT2D eigenvalue weighted by Crippen LogP contribution is 2.40. The molecule has 0 saturated heterocycles. The summed E-state index contributed by atoms with van der Waals surface area (Å²) in [5.74, 6) is 1.27. The number of halogens is 1. The summed E-state index contributed by atoms with van der Waals surface area (Å²) in [6, 6.07) is 21.3. The van der Waals surface area contributed by atoms with Gasteiger partial charge in [0.1, 0.15) is 24.7 Å². The highest BCUT2D eigenvalue weighted by atomic mass is 35.5. The molecule has 1 aliphatic rings. The van der Waals surface area contributed by atoms with E-state index < -0.39 is 5.76 Å². The second-order valence-corrected chi connectivity index (χ2v) is 7.90. The fourth-order valence-electron chi connectivity index (χ4n) is 3.84. The van der Waals surface area contributed by atoms with Crippen LogP contribution in [-0.4, -0.2) is 10.1 Å². The molecule has 4 aromatic rings. The number of benzene rings is 3. The first-order valence-corrected chi connectivity index (χ1v) is 10.5. The lowest BCUT2D eigenvalue weighted by Gasteiger charge is -2.14. The summed E-state index contributed by atoms with van der Waals surface area (Å²) in [5, 5.41) is 4.51. The third-order valence-corrected chi connectivity index (χ3v) is 5.59. The zero-order valence-corrected chi connectivity index (χ0v) is 18.0. The zero-order valence-electron chi connectivity index (χ0n) is 17.2. The average Bonchev–Trinajstić information content (AvgIpc) is 3.17. The van der Waals surface area contributed by atoms with Gasteiger partial charge in [0.25, 0.3) is 0 Å². The van der Waals surface area contributed by atoms with Crippen LogP contribution >= 0.6 is 11.6 Å². The third kappa shape index (κ3) is 3.92. The van der Waals surface area contributed by atoms with Gasteiger partial charge in [-0.25, -0.2) is 4.79 Å². The number of aromatic amines is 1. The molecule has 0 fully saturated rings. The summed E-state index contributed by atoms with van der Waals surface area (Å²) in [6.07, 6.45) is 0. The maximum absolute atomic E-state index is 11.5. The first kappa shape index (κ1) is 20.2. The van der Waals surface area contributed by atoms with Crippen LogP contribution in [-0.2, 0) is 13.2 Å². The normalized spacial score (nSPS) is 14.1. The van der Waals surface area contributed by atoms with Crippen molar-refractivity contribution in [2.45, 2.75) is 20.1 Å². The standard InChI is InChI=1S/C25H19ClN2O4/c1-15(24-27-25(29)32-28-24)23-20-10-9-16(13-30-19-6-4-5-18(26)12-19)11-17(20)14-31-22-8-3-2-7-21(22)23/h2-12H,13-14H2,1H3,(H,27,28,29)/b23-15+. The second-order valence-electron chi connectivity index (χ2n) is 7.47. The predicted molar refractivity (Wildman–Crippen MR) is 122 cm³/mol. The van der Waals surface area contributed by atoms with Gasteiger partial charge in [-0.05, 0) is 59.5 Å². The Kier molecular flexibility index (Phi) is 5.29. The van der Waals surface area contributed by atoms with Crippen molar-refractivity contribution in [3.63, 3.8) is 0 Å². The van der Waals surface area contributed by atoms with Gasteiger partial charge in [-0.2, -0.15) is 0 Å². The van der Waals surface area contributed by atoms with Gasteiger partial charge in [0.15, 0.2) is 5.82 Å². The van der Waals surface area contributed by atoms with Gasteiger partial charge >= 0.3 is 5.76 Å². The molecule has 0 bridgehead atoms. The van der Waals surface area contributed by atoms with Crippen LogP contribution in [0.4, 0.5) is 0 Å². The molecular weight excluding hydrogens is 428 g/mol. The molecule has 5 rings (SSSR count). The van der Waals surface area contributed by atoms with Crippen molar-refractivity contribution < 1.29 is 14.0 Å². The highest BCUT2D eigenvalue weighted by molar-refractivity contribution is 6.30. The van der Waals surface area contributed by atoms with Crippen molar-refractivity contribution in [2.75, 3.05) is 0 Å². The molecule has 0 radical (unpaired) electrons. The molecule has 0 unspecified atom stereocenters. The fraction of sp³-hybridized carbons (Fsp3) is 0.120. The van der Waals surface area contributed by atoms with Crippen LogP contribution in [0.2, 0.25) is 5.02 Å². The van der Waals surface area contributed by atoms with Crippen molar-refractivity contribution in [1.82, 2.24) is 10.1 Å². The molecule has 6 nitrogen and oxygen atoms in total. The van der Waals surface area contributed by atoms with Crippen molar-refractivity contribution in [2.24, 2.45) is 0 Å². The summed E-state index contributed by atoms with van der Waals surface area (Å²) in [7, 11) is 0. The first-order valence-electron chi connectivity index (χ1n) is 10.1. The van der Waals surface area contributed by atoms with E-state index in [9.17, 15) is 4.79 Å². The Morgan fingerprint density at radius 1 is 1.09 bits per heavy atom. The van der Waals surface area contributed by atoms with E-state index in [1.54, 1.807) is 6.07 Å². The Balaban J connectivity index is 1.56. The largest absolute Gasteiger partial charge is 0.489 e. The average molecular weight is 447 g/mol. The van der Waals surface area contributed by atoms with Crippen LogP contribution in [0, 0.1) is 0 Å². The van der Waals surface area contributed by atoms with Gasteiger partial charge in [-0.1, -0.05) is 53.2 Å². The minimum Gasteiger partial charge on any atom is -0.489 e. The molecule has 0 amide bonds. The van der Waals surface area contributed by atoms with E-state index in [0.717, 1.165) is 39.1 Å². The Morgan fingerprint density at radius 2 is 1.97 bits per heavy atom. The van der Waals surface area contributed by atoms with Gasteiger partial charge in [0, 0.05) is 16.2 Å². The number of ether oxygens (including phenoxy) is 2. The number of allylic oxidation sites excluding steroid dienone is 1. The van der Waals surface area contributed by atoms with Crippen molar-refractivity contribution in [1.29, 1.82) is 0 Å². The number of fused-ring (bicyclic) bond motifs is 2. The lowest BCUT2D eigenvalue weighted by atomic mass is 9.89. The van der Waals surface area contributed by atoms with Gasteiger partial charge < -0.3 is 9.47 Å². The van der Waals surface area contributed by atoms with Gasteiger partial charge in [-0.15, -0.1) is 0 Å². The lowest BCUT2D eigenvalue weighted by Crippen LogP contribution is -2.02. The maximum Gasteiger partial charge on any atom is 0.439 e. The summed E-state index contributed by atoms with van der Waals surface area (Å²) in [6.45, 7) is 2.71. The Bertz CT molecular complexity index is 1390. The van der Waals surface area contributed by atoms with Gasteiger partial charge in [0.05, 0.1) is 0 Å². The van der Waals surface area contributed by atoms with Crippen LogP contribution < -0.4 is 15.2 Å². The molecule has 0 atom stereocenters. The summed E-state index contributed by atoms with van der Waals surface area (Å²) < 4.78 is 16.8. The fourth-order valence-corrected chi connectivity index (χ4v) is 4.02. The summed E-state index contributed by atoms with van der Waals surface area (Å²) in [5.41, 5.74) is 5.66. The number of nitrogens with one attached hydrogen (secondary N) is 1. The van der Waals surface area contributed by atoms with Crippen LogP contribution in [0.3, 0.4) is 0 Å². The molecule has 1 N–H and O–H groups in total. The highest BCUT2D eigenvalue weighted by Gasteiger charge is 2.23. The number of rotatable bonds is 4. The first-order chi connectivity index (χ1) is 15.6. The van der Waals surface area contributed by atoms with Crippen molar-refractivity contribution in [3.8, 4) is 11.5 Å². The molecule has 3 aromatic carbocycles. The number of para-hydroxylation sites is 1. The number of hydrogen-bond donors (Lipinski definition) is 1. The summed E-state index contributed by atoms with van der Waals surface area (Å²) in [4.78, 5) is 14.2. The molecule has 160 valence electrons. The predicted octanol–water partition coefficient (Wildman–Crippen LogP) is 5.47. The van der Waals surface area contributed by atoms with E-state index in [1.807, 2.05) is 55.5 Å². The number of hydrogen-bond acceptors (Lipinski definition) is 5. The van der Waals surface area contributed by atoms with Crippen LogP contribution in [0.25, 0.3) is 11.1 Å². The lowest BCUT2D eigenvalue weighted by molar-refractivity contribution is 0.300. The summed E-state index contributed by atoms with van der Waals surface area (Å²) >= 11 is 6.05. The van der Waals surface area contributed by atoms with E-state index in [2.05, 4.69) is 22.3 Å². The zero-order chi connectivity index (χ0) is 22.1. The Labute approximate surface area is 189 Å². The quantitative estimate of drug-likeness (QED) is 0.450. The number of H-pyrrole nitrogens is 1. The monoisotopic (exact) mass is 446 g/mol. The van der Waals surface area contributed by atoms with Crippen molar-refractivity contribution in [3.05, 3.63) is 110 Å². The Hall–Kier alpha value is -3.77. The van der Waals surface area contributed by atoms with E-state index in [1.165, 1.54) is 0 Å². The number of nitrogens with zero attached hydrogens (tertiary/aromatic N) is 1. The smallest absolute Gasteiger partial charge is 0.439 e.